The maximum Gasteiger partial charge on any atom is 0.411 e. The third-order valence-corrected chi connectivity index (χ3v) is 5.34. The molecule has 4 rings (SSSR count). The third-order valence-electron chi connectivity index (χ3n) is 5.34. The number of hydrogen-bond donors (Lipinski definition) is 0. The molecule has 0 bridgehead atoms. The van der Waals surface area contributed by atoms with Gasteiger partial charge in [-0.25, -0.2) is 4.79 Å². The number of fused-ring (bicyclic) bond motifs is 2. The van der Waals surface area contributed by atoms with Gasteiger partial charge in [0.1, 0.15) is 16.6 Å². The van der Waals surface area contributed by atoms with Crippen LogP contribution in [-0.2, 0) is 10.2 Å². The molecule has 0 saturated heterocycles. The van der Waals surface area contributed by atoms with Crippen LogP contribution in [0.15, 0.2) is 47.4 Å². The van der Waals surface area contributed by atoms with Crippen molar-refractivity contribution in [3.8, 4) is 0 Å². The summed E-state index contributed by atoms with van der Waals surface area (Å²) in [5.41, 5.74) is -7.17. The highest BCUT2D eigenvalue weighted by molar-refractivity contribution is 6.02. The molecule has 3 aromatic rings. The number of rotatable bonds is 2. The van der Waals surface area contributed by atoms with Crippen LogP contribution in [0.4, 0.5) is 26.3 Å². The van der Waals surface area contributed by atoms with Crippen molar-refractivity contribution in [1.29, 1.82) is 0 Å². The van der Waals surface area contributed by atoms with Gasteiger partial charge in [0.25, 0.3) is 0 Å². The number of ether oxygens (including phenoxy) is 1. The predicted octanol–water partition coefficient (Wildman–Crippen LogP) is 4.81. The first kappa shape index (κ1) is 20.8. The van der Waals surface area contributed by atoms with Crippen molar-refractivity contribution < 1.29 is 40.3 Å². The normalized spacial score (nSPS) is 14.8. The van der Waals surface area contributed by atoms with Crippen LogP contribution in [0.25, 0.3) is 29.7 Å². The predicted molar refractivity (Wildman–Crippen MR) is 100 cm³/mol. The van der Waals surface area contributed by atoms with Crippen molar-refractivity contribution >= 4 is 35.7 Å². The number of furan rings is 1. The minimum atomic E-state index is -5.81. The molecule has 9 heteroatoms. The van der Waals surface area contributed by atoms with Gasteiger partial charge in [0, 0.05) is 16.3 Å². The lowest BCUT2D eigenvalue weighted by Crippen LogP contribution is -2.54. The molecule has 0 radical (unpaired) electrons. The molecule has 1 aliphatic rings. The molecule has 0 fully saturated rings. The molecule has 2 aromatic carbocycles. The highest BCUT2D eigenvalue weighted by atomic mass is 19.4. The summed E-state index contributed by atoms with van der Waals surface area (Å²) in [5.74, 6) is -1.23. The summed E-state index contributed by atoms with van der Waals surface area (Å²) in [5, 5.41) is 0.204. The van der Waals surface area contributed by atoms with E-state index in [-0.39, 0.29) is 32.9 Å². The zero-order chi connectivity index (χ0) is 22.9. The van der Waals surface area contributed by atoms with Gasteiger partial charge in [0.15, 0.2) is 0 Å². The molecule has 31 heavy (non-hydrogen) atoms. The number of halogens is 6. The largest absolute Gasteiger partial charge is 0.457 e. The molecule has 0 spiro atoms. The molecule has 3 nitrogen and oxygen atoms in total. The van der Waals surface area contributed by atoms with E-state index in [2.05, 4.69) is 19.7 Å². The summed E-state index contributed by atoms with van der Waals surface area (Å²) >= 11 is 0. The summed E-state index contributed by atoms with van der Waals surface area (Å²) in [4.78, 5) is 11.9. The van der Waals surface area contributed by atoms with Crippen LogP contribution in [0, 0.1) is 0 Å². The van der Waals surface area contributed by atoms with Gasteiger partial charge < -0.3 is 9.15 Å². The van der Waals surface area contributed by atoms with Crippen LogP contribution in [0.3, 0.4) is 0 Å². The summed E-state index contributed by atoms with van der Waals surface area (Å²) in [7, 11) is 0. The van der Waals surface area contributed by atoms with Gasteiger partial charge in [-0.05, 0) is 23.3 Å². The fourth-order valence-electron chi connectivity index (χ4n) is 3.90. The molecular formula is C22H12F6O3. The van der Waals surface area contributed by atoms with Crippen molar-refractivity contribution in [2.45, 2.75) is 17.8 Å². The molecule has 0 saturated carbocycles. The Labute approximate surface area is 170 Å². The van der Waals surface area contributed by atoms with E-state index in [1.807, 2.05) is 0 Å². The van der Waals surface area contributed by atoms with Gasteiger partial charge >= 0.3 is 18.3 Å². The second kappa shape index (κ2) is 6.26. The quantitative estimate of drug-likeness (QED) is 0.426. The zero-order valence-electron chi connectivity index (χ0n) is 15.6. The smallest absolute Gasteiger partial charge is 0.411 e. The molecule has 0 unspecified atom stereocenters. The van der Waals surface area contributed by atoms with Gasteiger partial charge in [0.2, 0.25) is 5.41 Å². The molecular weight excluding hydrogens is 426 g/mol. The monoisotopic (exact) mass is 438 g/mol. The summed E-state index contributed by atoms with van der Waals surface area (Å²) in [6.45, 7) is 10.5. The maximum absolute atomic E-state index is 14.4. The minimum Gasteiger partial charge on any atom is -0.457 e. The zero-order valence-corrected chi connectivity index (χ0v) is 15.6. The molecule has 0 N–H and O–H groups in total. The molecule has 1 aliphatic heterocycles. The average molecular weight is 438 g/mol. The Morgan fingerprint density at radius 3 is 1.87 bits per heavy atom. The first-order chi connectivity index (χ1) is 14.3. The number of carbonyl (C=O) groups is 1. The lowest BCUT2D eigenvalue weighted by atomic mass is 9.72. The summed E-state index contributed by atoms with van der Waals surface area (Å²) < 4.78 is 96.1. The van der Waals surface area contributed by atoms with E-state index in [9.17, 15) is 31.1 Å². The number of alkyl halides is 6. The second-order valence-electron chi connectivity index (χ2n) is 7.03. The Morgan fingerprint density at radius 2 is 1.26 bits per heavy atom. The molecule has 1 aromatic heterocycles. The lowest BCUT2D eigenvalue weighted by Gasteiger charge is -2.38. The molecule has 0 atom stereocenters. The van der Waals surface area contributed by atoms with Crippen molar-refractivity contribution in [2.75, 3.05) is 0 Å². The Balaban J connectivity index is 2.12. The fraction of sp³-hybridized carbons (Fsp3) is 0.136. The van der Waals surface area contributed by atoms with E-state index in [0.717, 1.165) is 24.3 Å². The Kier molecular flexibility index (Phi) is 4.19. The molecule has 0 amide bonds. The van der Waals surface area contributed by atoms with Crippen LogP contribution >= 0.6 is 0 Å². The van der Waals surface area contributed by atoms with E-state index in [0.29, 0.717) is 12.1 Å². The first-order valence-corrected chi connectivity index (χ1v) is 8.69. The summed E-state index contributed by atoms with van der Waals surface area (Å²) in [6.07, 6.45) is -11.6. The number of hydrogen-bond acceptors (Lipinski definition) is 3. The number of carbonyl (C=O) groups excluding carboxylic acids is 1. The average Bonchev–Trinajstić information content (AvgIpc) is 3.09. The Hall–Kier alpha value is -3.49. The van der Waals surface area contributed by atoms with Gasteiger partial charge in [-0.2, -0.15) is 26.3 Å². The third kappa shape index (κ3) is 2.72. The highest BCUT2D eigenvalue weighted by Crippen LogP contribution is 2.56. The topological polar surface area (TPSA) is 39.4 Å². The molecule has 2 heterocycles. The SMILES string of the molecule is C=C1OC(=O)c2cc(C(c3ccc4c(=C)oc(=C)c4c3)(C(F)(F)F)C(F)(F)F)ccc21. The van der Waals surface area contributed by atoms with Gasteiger partial charge in [-0.3, -0.25) is 0 Å². The van der Waals surface area contributed by atoms with Crippen LogP contribution in [0.2, 0.25) is 0 Å². The van der Waals surface area contributed by atoms with Crippen molar-refractivity contribution in [2.24, 2.45) is 0 Å². The number of benzene rings is 2. The van der Waals surface area contributed by atoms with Crippen molar-refractivity contribution in [1.82, 2.24) is 0 Å². The van der Waals surface area contributed by atoms with Gasteiger partial charge in [-0.1, -0.05) is 44.0 Å². The van der Waals surface area contributed by atoms with E-state index >= 15 is 0 Å². The van der Waals surface area contributed by atoms with Crippen LogP contribution in [-0.4, -0.2) is 18.3 Å². The minimum absolute atomic E-state index is 0.0269. The fourth-order valence-corrected chi connectivity index (χ4v) is 3.90. The van der Waals surface area contributed by atoms with E-state index in [4.69, 9.17) is 9.15 Å². The second-order valence-corrected chi connectivity index (χ2v) is 7.03. The highest BCUT2D eigenvalue weighted by Gasteiger charge is 2.72. The maximum atomic E-state index is 14.4. The Morgan fingerprint density at radius 1 is 0.710 bits per heavy atom. The summed E-state index contributed by atoms with van der Waals surface area (Å²) in [6, 6.07) is 4.71. The Bertz CT molecular complexity index is 1350. The number of esters is 1. The van der Waals surface area contributed by atoms with Crippen molar-refractivity contribution in [3.63, 3.8) is 0 Å². The van der Waals surface area contributed by atoms with Crippen LogP contribution in [0.1, 0.15) is 27.0 Å². The molecule has 160 valence electrons. The van der Waals surface area contributed by atoms with E-state index in [1.54, 1.807) is 0 Å². The van der Waals surface area contributed by atoms with Gasteiger partial charge in [-0.15, -0.1) is 0 Å². The van der Waals surface area contributed by atoms with Crippen LogP contribution < -0.4 is 10.8 Å². The molecule has 0 aliphatic carbocycles. The van der Waals surface area contributed by atoms with E-state index < -0.39 is 40.4 Å². The van der Waals surface area contributed by atoms with E-state index in [1.165, 1.54) is 0 Å². The number of cyclic esters (lactones) is 1. The van der Waals surface area contributed by atoms with Crippen LogP contribution in [0.5, 0.6) is 0 Å². The van der Waals surface area contributed by atoms with Gasteiger partial charge in [0.05, 0.1) is 5.56 Å². The first-order valence-electron chi connectivity index (χ1n) is 8.69. The lowest BCUT2D eigenvalue weighted by molar-refractivity contribution is -0.288. The standard InChI is InChI=1S/C22H12F6O3/c1-10-15-6-4-13(8-17(15)12(3)30-10)20(21(23,24)25,22(26,27)28)14-5-7-16-11(2)31-19(29)18(16)9-14/h4-9H,1-3H2. The van der Waals surface area contributed by atoms with Crippen molar-refractivity contribution in [3.05, 3.63) is 76.1 Å².